The van der Waals surface area contributed by atoms with Crippen LogP contribution in [0.25, 0.3) is 0 Å². The van der Waals surface area contributed by atoms with Gasteiger partial charge >= 0.3 is 5.97 Å². The van der Waals surface area contributed by atoms with Gasteiger partial charge < -0.3 is 9.47 Å². The molecule has 1 fully saturated rings. The SMILES string of the molecule is COC(=O)c1ccc(Cl)c(S(=O)(=O)NCC2(c3ccccc3)CCOCC2)c1. The Morgan fingerprint density at radius 3 is 2.50 bits per heavy atom. The molecule has 28 heavy (non-hydrogen) atoms. The standard InChI is InChI=1S/C20H22ClNO5S/c1-26-19(23)15-7-8-17(21)18(13-15)28(24,25)22-14-20(9-11-27-12-10-20)16-5-3-2-4-6-16/h2-8,13,22H,9-12,14H2,1H3. The zero-order chi connectivity index (χ0) is 20.2. The maximum Gasteiger partial charge on any atom is 0.337 e. The lowest BCUT2D eigenvalue weighted by atomic mass is 9.74. The summed E-state index contributed by atoms with van der Waals surface area (Å²) in [7, 11) is -2.70. The van der Waals surface area contributed by atoms with E-state index in [2.05, 4.69) is 9.46 Å². The molecule has 0 bridgehead atoms. The monoisotopic (exact) mass is 423 g/mol. The second-order valence-electron chi connectivity index (χ2n) is 6.72. The third kappa shape index (κ3) is 4.38. The quantitative estimate of drug-likeness (QED) is 0.722. The van der Waals surface area contributed by atoms with Crippen molar-refractivity contribution in [1.82, 2.24) is 4.72 Å². The highest BCUT2D eigenvalue weighted by Crippen LogP contribution is 2.35. The van der Waals surface area contributed by atoms with Crippen molar-refractivity contribution >= 4 is 27.6 Å². The van der Waals surface area contributed by atoms with Crippen LogP contribution in [0, 0.1) is 0 Å². The number of nitrogens with one attached hydrogen (secondary N) is 1. The predicted molar refractivity (Wildman–Crippen MR) is 106 cm³/mol. The first-order chi connectivity index (χ1) is 13.4. The fourth-order valence-electron chi connectivity index (χ4n) is 3.39. The van der Waals surface area contributed by atoms with Crippen molar-refractivity contribution in [3.8, 4) is 0 Å². The number of hydrogen-bond acceptors (Lipinski definition) is 5. The minimum absolute atomic E-state index is 0.0425. The van der Waals surface area contributed by atoms with E-state index in [9.17, 15) is 13.2 Å². The molecule has 0 spiro atoms. The van der Waals surface area contributed by atoms with E-state index in [1.54, 1.807) is 0 Å². The number of methoxy groups -OCH3 is 1. The Hall–Kier alpha value is -1.93. The lowest BCUT2D eigenvalue weighted by molar-refractivity contribution is 0.0517. The molecule has 0 atom stereocenters. The molecule has 1 aliphatic heterocycles. The van der Waals surface area contributed by atoms with Gasteiger partial charge in [0.2, 0.25) is 10.0 Å². The van der Waals surface area contributed by atoms with Gasteiger partial charge in [0, 0.05) is 25.2 Å². The number of rotatable bonds is 6. The van der Waals surface area contributed by atoms with Gasteiger partial charge in [-0.15, -0.1) is 0 Å². The van der Waals surface area contributed by atoms with Crippen molar-refractivity contribution in [2.24, 2.45) is 0 Å². The fraction of sp³-hybridized carbons (Fsp3) is 0.350. The van der Waals surface area contributed by atoms with Crippen LogP contribution in [-0.4, -0.2) is 41.3 Å². The van der Waals surface area contributed by atoms with Crippen LogP contribution in [-0.2, 0) is 24.9 Å². The molecule has 0 radical (unpaired) electrons. The number of esters is 1. The van der Waals surface area contributed by atoms with Crippen LogP contribution in [0.2, 0.25) is 5.02 Å². The Kier molecular flexibility index (Phi) is 6.40. The Morgan fingerprint density at radius 2 is 1.86 bits per heavy atom. The van der Waals surface area contributed by atoms with Gasteiger partial charge in [-0.3, -0.25) is 0 Å². The van der Waals surface area contributed by atoms with Crippen molar-refractivity contribution in [1.29, 1.82) is 0 Å². The van der Waals surface area contributed by atoms with Crippen molar-refractivity contribution in [3.05, 3.63) is 64.7 Å². The number of hydrogen-bond donors (Lipinski definition) is 1. The molecule has 0 unspecified atom stereocenters. The molecule has 1 heterocycles. The lowest BCUT2D eigenvalue weighted by Crippen LogP contribution is -2.44. The molecule has 8 heteroatoms. The van der Waals surface area contributed by atoms with Gasteiger partial charge in [-0.25, -0.2) is 17.9 Å². The van der Waals surface area contributed by atoms with E-state index in [0.717, 1.165) is 5.56 Å². The summed E-state index contributed by atoms with van der Waals surface area (Å²) in [5.41, 5.74) is 0.825. The molecule has 0 saturated carbocycles. The molecule has 6 nitrogen and oxygen atoms in total. The predicted octanol–water partition coefficient (Wildman–Crippen LogP) is 3.15. The largest absolute Gasteiger partial charge is 0.465 e. The van der Waals surface area contributed by atoms with Gasteiger partial charge in [-0.2, -0.15) is 0 Å². The number of carbonyl (C=O) groups is 1. The minimum Gasteiger partial charge on any atom is -0.465 e. The summed E-state index contributed by atoms with van der Waals surface area (Å²) < 4.78 is 38.7. The first kappa shape index (κ1) is 20.8. The second kappa shape index (κ2) is 8.61. The van der Waals surface area contributed by atoms with E-state index in [0.29, 0.717) is 26.1 Å². The minimum atomic E-state index is -3.93. The summed E-state index contributed by atoms with van der Waals surface area (Å²) >= 11 is 6.11. The molecule has 1 aliphatic rings. The fourth-order valence-corrected chi connectivity index (χ4v) is 5.04. The molecule has 2 aromatic rings. The Balaban J connectivity index is 1.88. The molecule has 150 valence electrons. The van der Waals surface area contributed by atoms with Crippen molar-refractivity contribution in [2.45, 2.75) is 23.2 Å². The maximum atomic E-state index is 13.0. The molecule has 2 aromatic carbocycles. The van der Waals surface area contributed by atoms with Gasteiger partial charge in [0.05, 0.1) is 17.7 Å². The van der Waals surface area contributed by atoms with E-state index in [-0.39, 0.29) is 27.4 Å². The number of halogens is 1. The highest BCUT2D eigenvalue weighted by molar-refractivity contribution is 7.89. The molecule has 1 saturated heterocycles. The zero-order valence-corrected chi connectivity index (χ0v) is 17.1. The smallest absolute Gasteiger partial charge is 0.337 e. The van der Waals surface area contributed by atoms with Crippen LogP contribution in [0.15, 0.2) is 53.4 Å². The van der Waals surface area contributed by atoms with E-state index in [1.165, 1.54) is 25.3 Å². The number of sulfonamides is 1. The van der Waals surface area contributed by atoms with E-state index < -0.39 is 16.0 Å². The van der Waals surface area contributed by atoms with E-state index >= 15 is 0 Å². The number of carbonyl (C=O) groups excluding carboxylic acids is 1. The molecule has 3 rings (SSSR count). The summed E-state index contributed by atoms with van der Waals surface area (Å²) in [6.45, 7) is 1.34. The van der Waals surface area contributed by atoms with Crippen LogP contribution < -0.4 is 4.72 Å². The molecule has 0 amide bonds. The highest BCUT2D eigenvalue weighted by atomic mass is 35.5. The average molecular weight is 424 g/mol. The topological polar surface area (TPSA) is 81.7 Å². The van der Waals surface area contributed by atoms with Crippen LogP contribution >= 0.6 is 11.6 Å². The van der Waals surface area contributed by atoms with Crippen LogP contribution in [0.1, 0.15) is 28.8 Å². The number of ether oxygens (including phenoxy) is 2. The van der Waals surface area contributed by atoms with Gasteiger partial charge in [0.25, 0.3) is 0 Å². The summed E-state index contributed by atoms with van der Waals surface area (Å²) in [5, 5.41) is 0.0425. The third-order valence-corrected chi connectivity index (χ3v) is 6.96. The van der Waals surface area contributed by atoms with Gasteiger partial charge in [-0.1, -0.05) is 41.9 Å². The maximum absolute atomic E-state index is 13.0. The van der Waals surface area contributed by atoms with Crippen molar-refractivity contribution in [3.63, 3.8) is 0 Å². The normalized spacial score (nSPS) is 16.5. The number of benzene rings is 2. The molecular formula is C20H22ClNO5S. The Bertz CT molecular complexity index is 940. The summed E-state index contributed by atoms with van der Waals surface area (Å²) in [4.78, 5) is 11.6. The average Bonchev–Trinajstić information content (AvgIpc) is 2.73. The summed E-state index contributed by atoms with van der Waals surface area (Å²) in [5.74, 6) is -0.627. The van der Waals surface area contributed by atoms with Gasteiger partial charge in [-0.05, 0) is 36.6 Å². The first-order valence-electron chi connectivity index (χ1n) is 8.89. The van der Waals surface area contributed by atoms with Crippen molar-refractivity contribution < 1.29 is 22.7 Å². The van der Waals surface area contributed by atoms with Crippen LogP contribution in [0.4, 0.5) is 0 Å². The summed E-state index contributed by atoms with van der Waals surface area (Å²) in [6, 6.07) is 13.9. The van der Waals surface area contributed by atoms with Gasteiger partial charge in [0.1, 0.15) is 4.90 Å². The first-order valence-corrected chi connectivity index (χ1v) is 10.7. The zero-order valence-electron chi connectivity index (χ0n) is 15.5. The highest BCUT2D eigenvalue weighted by Gasteiger charge is 2.36. The lowest BCUT2D eigenvalue weighted by Gasteiger charge is -2.38. The second-order valence-corrected chi connectivity index (χ2v) is 8.86. The van der Waals surface area contributed by atoms with Gasteiger partial charge in [0.15, 0.2) is 0 Å². The molecule has 1 N–H and O–H groups in total. The third-order valence-electron chi connectivity index (χ3n) is 5.08. The Morgan fingerprint density at radius 1 is 1.18 bits per heavy atom. The van der Waals surface area contributed by atoms with Crippen LogP contribution in [0.5, 0.6) is 0 Å². The molecule has 0 aliphatic carbocycles. The summed E-state index contributed by atoms with van der Waals surface area (Å²) in [6.07, 6.45) is 1.41. The molecule has 0 aromatic heterocycles. The van der Waals surface area contributed by atoms with Crippen molar-refractivity contribution in [2.75, 3.05) is 26.9 Å². The van der Waals surface area contributed by atoms with E-state index in [4.69, 9.17) is 16.3 Å². The molecular weight excluding hydrogens is 402 g/mol. The Labute approximate surface area is 169 Å². The van der Waals surface area contributed by atoms with Crippen LogP contribution in [0.3, 0.4) is 0 Å². The van der Waals surface area contributed by atoms with E-state index in [1.807, 2.05) is 30.3 Å².